The SMILES string of the molecule is CCOc1c(S(=O)C(F)(F)F)c(C#N)nn1-c1c(Cl)cc(OC(F)(F)F)cc1Cl. The van der Waals surface area contributed by atoms with Crippen molar-refractivity contribution in [3.8, 4) is 23.4 Å². The molecular weight excluding hydrogens is 475 g/mol. The second-order valence-corrected chi connectivity index (χ2v) is 7.16. The zero-order chi connectivity index (χ0) is 22.1. The normalized spacial score (nSPS) is 13.1. The average Bonchev–Trinajstić information content (AvgIpc) is 2.89. The van der Waals surface area contributed by atoms with Crippen molar-refractivity contribution in [3.05, 3.63) is 27.9 Å². The van der Waals surface area contributed by atoms with Gasteiger partial charge in [-0.1, -0.05) is 23.2 Å². The molecule has 2 rings (SSSR count). The van der Waals surface area contributed by atoms with Crippen molar-refractivity contribution in [3.63, 3.8) is 0 Å². The molecule has 0 radical (unpaired) electrons. The number of ether oxygens (including phenoxy) is 2. The third-order valence-electron chi connectivity index (χ3n) is 3.02. The van der Waals surface area contributed by atoms with E-state index in [0.29, 0.717) is 16.8 Å². The van der Waals surface area contributed by atoms with E-state index in [1.54, 1.807) is 0 Å². The van der Waals surface area contributed by atoms with Gasteiger partial charge in [0, 0.05) is 12.1 Å². The maximum atomic E-state index is 13.0. The fourth-order valence-corrected chi connectivity index (χ4v) is 3.52. The van der Waals surface area contributed by atoms with Crippen LogP contribution in [0.4, 0.5) is 26.3 Å². The highest BCUT2D eigenvalue weighted by molar-refractivity contribution is 7.86. The Balaban J connectivity index is 2.74. The van der Waals surface area contributed by atoms with E-state index in [0.717, 1.165) is 0 Å². The topological polar surface area (TPSA) is 77.1 Å². The van der Waals surface area contributed by atoms with Crippen LogP contribution >= 0.6 is 23.2 Å². The number of hydrogen-bond acceptors (Lipinski definition) is 5. The minimum absolute atomic E-state index is 0.233. The Labute approximate surface area is 171 Å². The molecule has 0 saturated carbocycles. The van der Waals surface area contributed by atoms with Crippen LogP contribution in [0.15, 0.2) is 17.0 Å². The lowest BCUT2D eigenvalue weighted by Crippen LogP contribution is -2.18. The van der Waals surface area contributed by atoms with E-state index in [1.165, 1.54) is 13.0 Å². The summed E-state index contributed by atoms with van der Waals surface area (Å²) in [6, 6.07) is 2.72. The number of halogens is 8. The monoisotopic (exact) mass is 481 g/mol. The standard InChI is InChI=1S/C14H7Cl2F6N3O3S/c1-2-27-12-11(29(26)14(20,21)22)9(5-23)24-25(12)10-7(15)3-6(4-8(10)16)28-13(17,18)19/h3-4H,2H2,1H3. The van der Waals surface area contributed by atoms with Gasteiger partial charge in [-0.05, 0) is 6.92 Å². The van der Waals surface area contributed by atoms with E-state index < -0.39 is 60.6 Å². The van der Waals surface area contributed by atoms with Gasteiger partial charge in [0.2, 0.25) is 5.88 Å². The highest BCUT2D eigenvalue weighted by Crippen LogP contribution is 2.41. The summed E-state index contributed by atoms with van der Waals surface area (Å²) in [6.45, 7) is 1.15. The number of alkyl halides is 6. The van der Waals surface area contributed by atoms with Crippen molar-refractivity contribution >= 4 is 34.0 Å². The third kappa shape index (κ3) is 5.06. The molecule has 0 N–H and O–H groups in total. The molecule has 0 aliphatic carbocycles. The van der Waals surface area contributed by atoms with Crippen LogP contribution in [0.1, 0.15) is 12.6 Å². The van der Waals surface area contributed by atoms with Crippen molar-refractivity contribution in [1.29, 1.82) is 5.26 Å². The van der Waals surface area contributed by atoms with E-state index in [4.69, 9.17) is 33.2 Å². The molecule has 0 fully saturated rings. The van der Waals surface area contributed by atoms with Crippen molar-refractivity contribution in [2.45, 2.75) is 23.7 Å². The predicted octanol–water partition coefficient (Wildman–Crippen LogP) is 4.98. The Bertz CT molecular complexity index is 977. The van der Waals surface area contributed by atoms with Crippen LogP contribution in [0.2, 0.25) is 10.0 Å². The maximum Gasteiger partial charge on any atom is 0.573 e. The summed E-state index contributed by atoms with van der Waals surface area (Å²) in [6.07, 6.45) is -5.05. The minimum Gasteiger partial charge on any atom is -0.477 e. The third-order valence-corrected chi connectivity index (χ3v) is 4.76. The van der Waals surface area contributed by atoms with Crippen molar-refractivity contribution < 1.29 is 40.0 Å². The summed E-state index contributed by atoms with van der Waals surface area (Å²) in [5.41, 5.74) is -6.55. The lowest BCUT2D eigenvalue weighted by Gasteiger charge is -2.15. The lowest BCUT2D eigenvalue weighted by molar-refractivity contribution is -0.274. The molecule has 0 aliphatic heterocycles. The van der Waals surface area contributed by atoms with E-state index in [-0.39, 0.29) is 6.61 Å². The van der Waals surface area contributed by atoms with Gasteiger partial charge >= 0.3 is 11.9 Å². The Hall–Kier alpha value is -2.17. The van der Waals surface area contributed by atoms with Gasteiger partial charge < -0.3 is 9.47 Å². The molecule has 1 atom stereocenters. The van der Waals surface area contributed by atoms with Crippen molar-refractivity contribution in [2.75, 3.05) is 6.61 Å². The summed E-state index contributed by atoms with van der Waals surface area (Å²) in [7, 11) is -3.70. The second-order valence-electron chi connectivity index (χ2n) is 4.94. The highest BCUT2D eigenvalue weighted by atomic mass is 35.5. The fourth-order valence-electron chi connectivity index (χ4n) is 2.10. The Morgan fingerprint density at radius 1 is 1.21 bits per heavy atom. The van der Waals surface area contributed by atoms with Gasteiger partial charge in [-0.25, -0.2) is 4.21 Å². The summed E-state index contributed by atoms with van der Waals surface area (Å²) in [5, 5.41) is 11.6. The van der Waals surface area contributed by atoms with Crippen LogP contribution in [0, 0.1) is 11.3 Å². The Kier molecular flexibility index (Phi) is 6.61. The number of rotatable bonds is 5. The number of benzene rings is 1. The van der Waals surface area contributed by atoms with E-state index in [2.05, 4.69) is 9.84 Å². The van der Waals surface area contributed by atoms with Crippen LogP contribution in [-0.4, -0.2) is 32.5 Å². The van der Waals surface area contributed by atoms with Gasteiger partial charge in [0.25, 0.3) is 0 Å². The molecule has 1 heterocycles. The van der Waals surface area contributed by atoms with Crippen LogP contribution < -0.4 is 9.47 Å². The van der Waals surface area contributed by atoms with Gasteiger partial charge in [0.15, 0.2) is 16.5 Å². The van der Waals surface area contributed by atoms with Crippen molar-refractivity contribution in [1.82, 2.24) is 9.78 Å². The number of nitrogens with zero attached hydrogens (tertiary/aromatic N) is 3. The molecule has 0 aliphatic rings. The van der Waals surface area contributed by atoms with Crippen LogP contribution in [0.25, 0.3) is 5.69 Å². The smallest absolute Gasteiger partial charge is 0.477 e. The first-order valence-electron chi connectivity index (χ1n) is 7.19. The van der Waals surface area contributed by atoms with Gasteiger partial charge in [-0.2, -0.15) is 28.2 Å². The van der Waals surface area contributed by atoms with Gasteiger partial charge in [-0.3, -0.25) is 0 Å². The van der Waals surface area contributed by atoms with E-state index in [9.17, 15) is 30.6 Å². The predicted molar refractivity (Wildman–Crippen MR) is 88.6 cm³/mol. The molecule has 0 saturated heterocycles. The van der Waals surface area contributed by atoms with E-state index in [1.807, 2.05) is 0 Å². The summed E-state index contributed by atoms with van der Waals surface area (Å²) < 4.78 is 97.2. The average molecular weight is 482 g/mol. The number of nitriles is 1. The quantitative estimate of drug-likeness (QED) is 0.563. The maximum absolute atomic E-state index is 13.0. The molecule has 0 bridgehead atoms. The fraction of sp³-hybridized carbons (Fsp3) is 0.286. The molecule has 1 aromatic carbocycles. The van der Waals surface area contributed by atoms with Gasteiger partial charge in [0.1, 0.15) is 22.4 Å². The molecule has 15 heteroatoms. The molecule has 1 aromatic heterocycles. The second kappa shape index (κ2) is 8.29. The molecule has 6 nitrogen and oxygen atoms in total. The molecule has 2 aromatic rings. The lowest BCUT2D eigenvalue weighted by atomic mass is 10.3. The molecule has 0 spiro atoms. The molecule has 29 heavy (non-hydrogen) atoms. The Morgan fingerprint density at radius 3 is 2.17 bits per heavy atom. The molecular formula is C14H7Cl2F6N3O3S. The Morgan fingerprint density at radius 2 is 1.76 bits per heavy atom. The summed E-state index contributed by atoms with van der Waals surface area (Å²) in [5.74, 6) is -1.56. The van der Waals surface area contributed by atoms with Gasteiger partial charge in [0.05, 0.1) is 16.7 Å². The summed E-state index contributed by atoms with van der Waals surface area (Å²) in [4.78, 5) is -1.08. The first kappa shape index (κ1) is 23.1. The van der Waals surface area contributed by atoms with Gasteiger partial charge in [-0.15, -0.1) is 13.2 Å². The van der Waals surface area contributed by atoms with Crippen molar-refractivity contribution in [2.24, 2.45) is 0 Å². The summed E-state index contributed by atoms with van der Waals surface area (Å²) >= 11 is 11.8. The molecule has 1 unspecified atom stereocenters. The minimum atomic E-state index is -5.25. The van der Waals surface area contributed by atoms with E-state index >= 15 is 0 Å². The highest BCUT2D eigenvalue weighted by Gasteiger charge is 2.44. The zero-order valence-corrected chi connectivity index (χ0v) is 16.2. The van der Waals surface area contributed by atoms with Crippen LogP contribution in [0.5, 0.6) is 11.6 Å². The largest absolute Gasteiger partial charge is 0.573 e. The molecule has 0 amide bonds. The first-order valence-corrected chi connectivity index (χ1v) is 9.10. The van der Waals surface area contributed by atoms with Crippen LogP contribution in [0.3, 0.4) is 0 Å². The zero-order valence-electron chi connectivity index (χ0n) is 13.9. The number of aromatic nitrogens is 2. The van der Waals surface area contributed by atoms with Crippen LogP contribution in [-0.2, 0) is 10.8 Å². The first-order chi connectivity index (χ1) is 13.3. The number of hydrogen-bond donors (Lipinski definition) is 0. The molecule has 158 valence electrons.